The molecule has 2 heterocycles. The maximum atomic E-state index is 9.32. The highest BCUT2D eigenvalue weighted by molar-refractivity contribution is 7.15. The lowest BCUT2D eigenvalue weighted by molar-refractivity contribution is -0.150. The van der Waals surface area contributed by atoms with E-state index in [-0.39, 0.29) is 18.3 Å². The van der Waals surface area contributed by atoms with Crippen LogP contribution in [-0.2, 0) is 11.3 Å². The Kier molecular flexibility index (Phi) is 5.31. The Labute approximate surface area is 124 Å². The number of aromatic nitrogens is 2. The summed E-state index contributed by atoms with van der Waals surface area (Å²) in [4.78, 5) is 2.27. The number of morpholine rings is 1. The maximum Gasteiger partial charge on any atom is 0.205 e. The molecule has 0 aromatic carbocycles. The summed E-state index contributed by atoms with van der Waals surface area (Å²) in [6, 6.07) is 0. The smallest absolute Gasteiger partial charge is 0.205 e. The summed E-state index contributed by atoms with van der Waals surface area (Å²) in [6.07, 6.45) is 0.953. The number of aliphatic hydroxyl groups is 1. The molecule has 1 saturated heterocycles. The highest BCUT2D eigenvalue weighted by Crippen LogP contribution is 2.24. The van der Waals surface area contributed by atoms with Crippen molar-refractivity contribution in [1.82, 2.24) is 15.1 Å². The lowest BCUT2D eigenvalue weighted by Crippen LogP contribution is -2.53. The molecule has 7 heteroatoms. The van der Waals surface area contributed by atoms with Crippen molar-refractivity contribution in [3.05, 3.63) is 5.01 Å². The number of ether oxygens (including phenoxy) is 1. The Morgan fingerprint density at radius 2 is 2.30 bits per heavy atom. The second-order valence-corrected chi connectivity index (χ2v) is 6.84. The summed E-state index contributed by atoms with van der Waals surface area (Å²) in [5.41, 5.74) is -0.236. The average Bonchev–Trinajstić information content (AvgIpc) is 2.82. The number of hydrogen-bond acceptors (Lipinski definition) is 7. The first-order chi connectivity index (χ1) is 9.52. The van der Waals surface area contributed by atoms with Gasteiger partial charge >= 0.3 is 0 Å². The first-order valence-electron chi connectivity index (χ1n) is 7.09. The number of anilines is 1. The van der Waals surface area contributed by atoms with Crippen molar-refractivity contribution >= 4 is 16.5 Å². The molecule has 0 bridgehead atoms. The molecule has 1 aliphatic rings. The molecular formula is C13H24N4O2S. The molecule has 1 unspecified atom stereocenters. The lowest BCUT2D eigenvalue weighted by atomic mass is 10.1. The van der Waals surface area contributed by atoms with Crippen LogP contribution in [0.2, 0.25) is 0 Å². The second-order valence-electron chi connectivity index (χ2n) is 5.78. The van der Waals surface area contributed by atoms with Crippen molar-refractivity contribution < 1.29 is 9.84 Å². The van der Waals surface area contributed by atoms with Gasteiger partial charge in [0, 0.05) is 19.6 Å². The van der Waals surface area contributed by atoms with Crippen molar-refractivity contribution in [3.63, 3.8) is 0 Å². The SMILES string of the molecule is CCCNc1nnc(CN2CC(CO)OC(C)(C)C2)s1. The predicted octanol–water partition coefficient (Wildman–Crippen LogP) is 1.33. The van der Waals surface area contributed by atoms with E-state index in [2.05, 4.69) is 41.2 Å². The third-order valence-corrected chi connectivity index (χ3v) is 3.97. The molecule has 1 aromatic rings. The van der Waals surface area contributed by atoms with Crippen LogP contribution in [0.15, 0.2) is 0 Å². The minimum Gasteiger partial charge on any atom is -0.394 e. The van der Waals surface area contributed by atoms with Gasteiger partial charge in [-0.25, -0.2) is 0 Å². The molecule has 0 radical (unpaired) electrons. The molecule has 0 saturated carbocycles. The van der Waals surface area contributed by atoms with E-state index in [1.807, 2.05) is 0 Å². The normalized spacial score (nSPS) is 22.9. The van der Waals surface area contributed by atoms with Crippen LogP contribution in [0.3, 0.4) is 0 Å². The van der Waals surface area contributed by atoms with Crippen molar-refractivity contribution in [3.8, 4) is 0 Å². The van der Waals surface area contributed by atoms with Gasteiger partial charge in [0.25, 0.3) is 0 Å². The van der Waals surface area contributed by atoms with Crippen LogP contribution < -0.4 is 5.32 Å². The number of nitrogens with zero attached hydrogens (tertiary/aromatic N) is 3. The first kappa shape index (κ1) is 15.6. The van der Waals surface area contributed by atoms with E-state index in [0.717, 1.165) is 42.7 Å². The van der Waals surface area contributed by atoms with Crippen LogP contribution in [0.5, 0.6) is 0 Å². The highest BCUT2D eigenvalue weighted by Gasteiger charge is 2.33. The standard InChI is InChI=1S/C13H24N4O2S/c1-4-5-14-12-16-15-11(20-12)7-17-6-10(8-18)19-13(2,3)9-17/h10,18H,4-9H2,1-3H3,(H,14,16). The van der Waals surface area contributed by atoms with Gasteiger partial charge in [-0.3, -0.25) is 4.90 Å². The van der Waals surface area contributed by atoms with E-state index in [4.69, 9.17) is 4.74 Å². The molecule has 1 atom stereocenters. The van der Waals surface area contributed by atoms with Crippen molar-refractivity contribution in [1.29, 1.82) is 0 Å². The van der Waals surface area contributed by atoms with Gasteiger partial charge in [0.2, 0.25) is 5.13 Å². The first-order valence-corrected chi connectivity index (χ1v) is 7.91. The maximum absolute atomic E-state index is 9.32. The Hall–Kier alpha value is -0.760. The quantitative estimate of drug-likeness (QED) is 0.826. The minimum absolute atomic E-state index is 0.0549. The summed E-state index contributed by atoms with van der Waals surface area (Å²) < 4.78 is 5.81. The van der Waals surface area contributed by atoms with Crippen LogP contribution in [-0.4, -0.2) is 58.1 Å². The molecule has 2 rings (SSSR count). The van der Waals surface area contributed by atoms with Gasteiger partial charge in [-0.15, -0.1) is 10.2 Å². The van der Waals surface area contributed by atoms with Gasteiger partial charge < -0.3 is 15.2 Å². The van der Waals surface area contributed by atoms with Gasteiger partial charge in [-0.2, -0.15) is 0 Å². The third kappa shape index (κ3) is 4.37. The molecule has 1 aromatic heterocycles. The number of aliphatic hydroxyl groups excluding tert-OH is 1. The van der Waals surface area contributed by atoms with E-state index < -0.39 is 0 Å². The minimum atomic E-state index is -0.236. The van der Waals surface area contributed by atoms with E-state index in [1.54, 1.807) is 11.3 Å². The van der Waals surface area contributed by atoms with Crippen molar-refractivity contribution in [2.75, 3.05) is 31.6 Å². The van der Waals surface area contributed by atoms with Crippen LogP contribution in [0, 0.1) is 0 Å². The van der Waals surface area contributed by atoms with E-state index in [0.29, 0.717) is 0 Å². The van der Waals surface area contributed by atoms with E-state index >= 15 is 0 Å². The summed E-state index contributed by atoms with van der Waals surface area (Å²) >= 11 is 1.60. The van der Waals surface area contributed by atoms with Crippen LogP contribution in [0.1, 0.15) is 32.2 Å². The Balaban J connectivity index is 1.93. The van der Waals surface area contributed by atoms with Crippen molar-refractivity contribution in [2.45, 2.75) is 45.4 Å². The molecule has 0 amide bonds. The molecule has 1 aliphatic heterocycles. The summed E-state index contributed by atoms with van der Waals surface area (Å²) in [5, 5.41) is 22.8. The molecule has 2 N–H and O–H groups in total. The summed E-state index contributed by atoms with van der Waals surface area (Å²) in [7, 11) is 0. The topological polar surface area (TPSA) is 70.5 Å². The molecule has 20 heavy (non-hydrogen) atoms. The molecule has 1 fully saturated rings. The Morgan fingerprint density at radius 1 is 1.50 bits per heavy atom. The largest absolute Gasteiger partial charge is 0.394 e. The number of nitrogens with one attached hydrogen (secondary N) is 1. The van der Waals surface area contributed by atoms with E-state index in [1.165, 1.54) is 0 Å². The highest BCUT2D eigenvalue weighted by atomic mass is 32.1. The monoisotopic (exact) mass is 300 g/mol. The fourth-order valence-electron chi connectivity index (χ4n) is 2.44. The lowest BCUT2D eigenvalue weighted by Gasteiger charge is -2.41. The molecule has 6 nitrogen and oxygen atoms in total. The van der Waals surface area contributed by atoms with Crippen LogP contribution >= 0.6 is 11.3 Å². The molecule has 114 valence electrons. The predicted molar refractivity (Wildman–Crippen MR) is 80.0 cm³/mol. The van der Waals surface area contributed by atoms with Gasteiger partial charge in [0.05, 0.1) is 24.9 Å². The molecule has 0 aliphatic carbocycles. The molecule has 0 spiro atoms. The average molecular weight is 300 g/mol. The number of hydrogen-bond donors (Lipinski definition) is 2. The van der Waals surface area contributed by atoms with Crippen LogP contribution in [0.25, 0.3) is 0 Å². The summed E-state index contributed by atoms with van der Waals surface area (Å²) in [5.74, 6) is 0. The Bertz CT molecular complexity index is 424. The van der Waals surface area contributed by atoms with Gasteiger partial charge in [0.1, 0.15) is 5.01 Å². The fraction of sp³-hybridized carbons (Fsp3) is 0.846. The zero-order valence-electron chi connectivity index (χ0n) is 12.4. The third-order valence-electron chi connectivity index (χ3n) is 3.11. The van der Waals surface area contributed by atoms with E-state index in [9.17, 15) is 5.11 Å². The van der Waals surface area contributed by atoms with Gasteiger partial charge in [-0.05, 0) is 20.3 Å². The summed E-state index contributed by atoms with van der Waals surface area (Å²) in [6.45, 7) is 9.53. The van der Waals surface area contributed by atoms with Gasteiger partial charge in [-0.1, -0.05) is 18.3 Å². The Morgan fingerprint density at radius 3 is 3.00 bits per heavy atom. The fourth-order valence-corrected chi connectivity index (χ4v) is 3.25. The van der Waals surface area contributed by atoms with Gasteiger partial charge in [0.15, 0.2) is 0 Å². The molecular weight excluding hydrogens is 276 g/mol. The van der Waals surface area contributed by atoms with Crippen LogP contribution in [0.4, 0.5) is 5.13 Å². The second kappa shape index (κ2) is 6.80. The number of rotatable bonds is 6. The van der Waals surface area contributed by atoms with Crippen molar-refractivity contribution in [2.24, 2.45) is 0 Å². The zero-order chi connectivity index (χ0) is 14.6. The zero-order valence-corrected chi connectivity index (χ0v) is 13.2.